The first-order chi connectivity index (χ1) is 11.0. The number of nitrogens with one attached hydrogen (secondary N) is 3. The van der Waals surface area contributed by atoms with E-state index in [9.17, 15) is 9.59 Å². The first-order valence-electron chi connectivity index (χ1n) is 6.20. The summed E-state index contributed by atoms with van der Waals surface area (Å²) in [6.45, 7) is 0. The number of rotatable bonds is 0. The van der Waals surface area contributed by atoms with E-state index in [1.54, 1.807) is 0 Å². The summed E-state index contributed by atoms with van der Waals surface area (Å²) >= 11 is 0. The van der Waals surface area contributed by atoms with Crippen LogP contribution in [0.25, 0.3) is 22.3 Å². The molecule has 13 heteroatoms. The van der Waals surface area contributed by atoms with Crippen molar-refractivity contribution >= 4 is 34.2 Å². The minimum Gasteiger partial charge on any atom is -0.369 e. The molecule has 0 fully saturated rings. The fraction of sp³-hybridized carbons (Fsp3) is 0. The summed E-state index contributed by atoms with van der Waals surface area (Å²) in [5.41, 5.74) is 11.0. The monoisotopic (exact) mass is 412 g/mol. The summed E-state index contributed by atoms with van der Waals surface area (Å²) in [6.07, 6.45) is 4.27. The van der Waals surface area contributed by atoms with E-state index >= 15 is 0 Å². The zero-order valence-electron chi connectivity index (χ0n) is 11.8. The Kier molecular flexibility index (Phi) is 4.99. The van der Waals surface area contributed by atoms with Gasteiger partial charge in [-0.1, -0.05) is 0 Å². The molecule has 0 amide bonds. The Morgan fingerprint density at radius 2 is 1.46 bits per heavy atom. The number of aromatic nitrogens is 8. The summed E-state index contributed by atoms with van der Waals surface area (Å²) < 4.78 is 0. The van der Waals surface area contributed by atoms with E-state index in [0.717, 1.165) is 0 Å². The van der Waals surface area contributed by atoms with Gasteiger partial charge < -0.3 is 16.5 Å². The van der Waals surface area contributed by atoms with E-state index in [0.29, 0.717) is 11.2 Å². The molecule has 0 aliphatic heterocycles. The van der Waals surface area contributed by atoms with Crippen molar-refractivity contribution in [2.45, 2.75) is 0 Å². The SMILES string of the molecule is Nc1nc2nc[nH]c2c(=O)[nH]1.Nc1nc2nccnc2c(=O)[nH]1.[Mo]. The Balaban J connectivity index is 0.000000167. The molecule has 0 saturated heterocycles. The first-order valence-corrected chi connectivity index (χ1v) is 6.20. The average molecular weight is 410 g/mol. The number of anilines is 2. The van der Waals surface area contributed by atoms with Gasteiger partial charge in [-0.2, -0.15) is 9.97 Å². The van der Waals surface area contributed by atoms with E-state index < -0.39 is 0 Å². The molecule has 4 aromatic heterocycles. The van der Waals surface area contributed by atoms with Crippen LogP contribution in [0.4, 0.5) is 11.9 Å². The normalized spacial score (nSPS) is 10.0. The van der Waals surface area contributed by atoms with Gasteiger partial charge in [0.2, 0.25) is 11.9 Å². The number of nitrogen functional groups attached to an aromatic ring is 2. The molecule has 122 valence electrons. The Hall–Kier alpha value is -3.14. The summed E-state index contributed by atoms with van der Waals surface area (Å²) in [5, 5.41) is 0. The Labute approximate surface area is 146 Å². The third-order valence-corrected chi connectivity index (χ3v) is 2.68. The molecule has 4 heterocycles. The maximum Gasteiger partial charge on any atom is 0.280 e. The largest absolute Gasteiger partial charge is 0.369 e. The van der Waals surface area contributed by atoms with Gasteiger partial charge in [0.25, 0.3) is 11.1 Å². The number of nitrogens with zero attached hydrogens (tertiary/aromatic N) is 5. The molecule has 0 atom stereocenters. The summed E-state index contributed by atoms with van der Waals surface area (Å²) in [6, 6.07) is 0. The van der Waals surface area contributed by atoms with Crippen LogP contribution in [0.1, 0.15) is 0 Å². The number of fused-ring (bicyclic) bond motifs is 2. The van der Waals surface area contributed by atoms with Crippen molar-refractivity contribution in [1.29, 1.82) is 0 Å². The van der Waals surface area contributed by atoms with Crippen molar-refractivity contribution in [1.82, 2.24) is 39.9 Å². The van der Waals surface area contributed by atoms with E-state index in [-0.39, 0.29) is 55.2 Å². The fourth-order valence-corrected chi connectivity index (χ4v) is 1.75. The van der Waals surface area contributed by atoms with Crippen LogP contribution in [0.5, 0.6) is 0 Å². The third kappa shape index (κ3) is 3.43. The minimum absolute atomic E-state index is 0. The van der Waals surface area contributed by atoms with Crippen LogP contribution < -0.4 is 22.6 Å². The predicted octanol–water partition coefficient (Wildman–Crippen LogP) is -1.48. The number of aromatic amines is 3. The number of hydrogen-bond acceptors (Lipinski definition) is 9. The average Bonchev–Trinajstić information content (AvgIpc) is 2.96. The van der Waals surface area contributed by atoms with Gasteiger partial charge in [-0.15, -0.1) is 0 Å². The second-order valence-corrected chi connectivity index (χ2v) is 4.23. The van der Waals surface area contributed by atoms with Crippen molar-refractivity contribution in [3.63, 3.8) is 0 Å². The van der Waals surface area contributed by atoms with E-state index in [1.165, 1.54) is 18.7 Å². The summed E-state index contributed by atoms with van der Waals surface area (Å²) in [7, 11) is 0. The molecule has 0 radical (unpaired) electrons. The molecule has 7 N–H and O–H groups in total. The molecule has 0 aliphatic carbocycles. The smallest absolute Gasteiger partial charge is 0.280 e. The quantitative estimate of drug-likeness (QED) is 0.215. The fourth-order valence-electron chi connectivity index (χ4n) is 1.75. The predicted molar refractivity (Wildman–Crippen MR) is 81.3 cm³/mol. The maximum atomic E-state index is 11.1. The van der Waals surface area contributed by atoms with Crippen molar-refractivity contribution in [2.24, 2.45) is 0 Å². The molecule has 0 saturated carbocycles. The first kappa shape index (κ1) is 17.2. The molecular weight excluding hydrogens is 400 g/mol. The van der Waals surface area contributed by atoms with Crippen molar-refractivity contribution in [2.75, 3.05) is 11.5 Å². The Morgan fingerprint density at radius 3 is 2.21 bits per heavy atom. The molecule has 4 aromatic rings. The van der Waals surface area contributed by atoms with Crippen molar-refractivity contribution in [3.05, 3.63) is 39.4 Å². The molecule has 24 heavy (non-hydrogen) atoms. The van der Waals surface area contributed by atoms with Gasteiger partial charge in [0.15, 0.2) is 22.3 Å². The van der Waals surface area contributed by atoms with Gasteiger partial charge in [-0.05, 0) is 0 Å². The van der Waals surface area contributed by atoms with E-state index in [2.05, 4.69) is 39.9 Å². The van der Waals surface area contributed by atoms with Gasteiger partial charge in [0, 0.05) is 33.5 Å². The number of imidazole rings is 1. The Morgan fingerprint density at radius 1 is 0.833 bits per heavy atom. The molecule has 0 spiro atoms. The maximum absolute atomic E-state index is 11.1. The van der Waals surface area contributed by atoms with Gasteiger partial charge >= 0.3 is 0 Å². The van der Waals surface area contributed by atoms with Crippen molar-refractivity contribution < 1.29 is 21.1 Å². The second-order valence-electron chi connectivity index (χ2n) is 4.23. The van der Waals surface area contributed by atoms with Crippen LogP contribution >= 0.6 is 0 Å². The van der Waals surface area contributed by atoms with Gasteiger partial charge in [-0.25, -0.2) is 15.0 Å². The van der Waals surface area contributed by atoms with Gasteiger partial charge in [0.05, 0.1) is 6.33 Å². The van der Waals surface area contributed by atoms with Gasteiger partial charge in [-0.3, -0.25) is 19.6 Å². The number of hydrogen-bond donors (Lipinski definition) is 5. The minimum atomic E-state index is -0.370. The Bertz CT molecular complexity index is 1100. The second kappa shape index (κ2) is 6.96. The summed E-state index contributed by atoms with van der Waals surface area (Å²) in [4.78, 5) is 48.4. The van der Waals surface area contributed by atoms with Crippen LogP contribution in [-0.2, 0) is 21.1 Å². The van der Waals surface area contributed by atoms with E-state index in [4.69, 9.17) is 11.5 Å². The van der Waals surface area contributed by atoms with Crippen LogP contribution in [0.2, 0.25) is 0 Å². The van der Waals surface area contributed by atoms with Crippen LogP contribution in [0.3, 0.4) is 0 Å². The molecule has 4 rings (SSSR count). The number of H-pyrrole nitrogens is 3. The van der Waals surface area contributed by atoms with Crippen LogP contribution in [0, 0.1) is 0 Å². The molecule has 12 nitrogen and oxygen atoms in total. The topological polar surface area (TPSA) is 198 Å². The standard InChI is InChI=1S/C6H5N5O.C5H5N5O.Mo/c7-6-10-4-3(5(12)11-6)8-1-2-9-4;6-5-9-3-2(4(11)10-5)7-1-8-3;/h1-2H,(H3,7,9,10,11,12);1H,(H4,6,7,8,9,10,11);. The molecular formula is C11H10MoN10O2. The zero-order chi connectivity index (χ0) is 16.4. The summed E-state index contributed by atoms with van der Waals surface area (Å²) in [5.74, 6) is 0.127. The van der Waals surface area contributed by atoms with Crippen molar-refractivity contribution in [3.8, 4) is 0 Å². The molecule has 0 aromatic carbocycles. The zero-order valence-corrected chi connectivity index (χ0v) is 13.9. The van der Waals surface area contributed by atoms with Crippen LogP contribution in [-0.4, -0.2) is 39.9 Å². The molecule has 0 aliphatic rings. The third-order valence-electron chi connectivity index (χ3n) is 2.68. The van der Waals surface area contributed by atoms with Gasteiger partial charge in [0.1, 0.15) is 0 Å². The van der Waals surface area contributed by atoms with Crippen LogP contribution in [0.15, 0.2) is 28.3 Å². The molecule has 0 bridgehead atoms. The number of nitrogens with two attached hydrogens (primary N) is 2. The molecule has 0 unspecified atom stereocenters. The van der Waals surface area contributed by atoms with E-state index in [1.807, 2.05) is 0 Å².